The van der Waals surface area contributed by atoms with Gasteiger partial charge in [-0.15, -0.1) is 0 Å². The summed E-state index contributed by atoms with van der Waals surface area (Å²) in [7, 11) is 1.47. The average molecular weight is 379 g/mol. The minimum atomic E-state index is -2.94. The van der Waals surface area contributed by atoms with Crippen LogP contribution in [0.1, 0.15) is 0 Å². The van der Waals surface area contributed by atoms with E-state index in [4.69, 9.17) is 4.74 Å². The third-order valence-corrected chi connectivity index (χ3v) is 13.1. The number of carbonyl (C=O) groups is 1. The molecule has 24 heavy (non-hydrogen) atoms. The summed E-state index contributed by atoms with van der Waals surface area (Å²) in [5.41, 5.74) is 0. The molecule has 0 saturated carbocycles. The van der Waals surface area contributed by atoms with Gasteiger partial charge in [0.2, 0.25) is 0 Å². The van der Waals surface area contributed by atoms with E-state index in [9.17, 15) is 4.79 Å². The Morgan fingerprint density at radius 3 is 1.33 bits per heavy atom. The predicted molar refractivity (Wildman–Crippen MR) is 101 cm³/mol. The molecule has 0 atom stereocenters. The Balaban J connectivity index is 2.30. The summed E-state index contributed by atoms with van der Waals surface area (Å²) in [6.45, 7) is 0. The van der Waals surface area contributed by atoms with Crippen molar-refractivity contribution in [2.75, 3.05) is 7.11 Å². The zero-order valence-electron chi connectivity index (χ0n) is 13.6. The van der Waals surface area contributed by atoms with Crippen molar-refractivity contribution in [3.8, 4) is 0 Å². The van der Waals surface area contributed by atoms with E-state index in [2.05, 4.69) is 72.8 Å². The van der Waals surface area contributed by atoms with E-state index in [1.165, 1.54) is 20.2 Å². The number of hydrogen-bond donors (Lipinski definition) is 0. The molecule has 0 heterocycles. The zero-order valence-corrected chi connectivity index (χ0v) is 15.5. The van der Waals surface area contributed by atoms with Crippen molar-refractivity contribution in [2.45, 2.75) is 5.21 Å². The van der Waals surface area contributed by atoms with Gasteiger partial charge in [-0.3, -0.25) is 0 Å². The number of ether oxygens (including phenoxy) is 1. The van der Waals surface area contributed by atoms with Crippen LogP contribution in [0, 0.1) is 0 Å². The molecule has 0 aliphatic heterocycles. The fourth-order valence-electron chi connectivity index (χ4n) is 3.03. The monoisotopic (exact) mass is 379 g/mol. The number of rotatable bonds is 5. The van der Waals surface area contributed by atoms with E-state index in [1.807, 2.05) is 18.2 Å². The van der Waals surface area contributed by atoms with Gasteiger partial charge in [-0.05, 0) is 0 Å². The van der Waals surface area contributed by atoms with Gasteiger partial charge in [0.05, 0.1) is 0 Å². The first kappa shape index (κ1) is 16.5. The molecule has 0 unspecified atom stereocenters. The molecule has 0 saturated heterocycles. The van der Waals surface area contributed by atoms with Crippen LogP contribution >= 0.6 is 0 Å². The normalized spacial score (nSPS) is 11.0. The maximum atomic E-state index is 12.4. The summed E-state index contributed by atoms with van der Waals surface area (Å²) >= 11 is -2.94. The summed E-state index contributed by atoms with van der Waals surface area (Å²) in [5, 5.41) is 0.423. The molecule has 3 aromatic carbocycles. The van der Waals surface area contributed by atoms with Gasteiger partial charge < -0.3 is 0 Å². The van der Waals surface area contributed by atoms with Crippen molar-refractivity contribution in [3.05, 3.63) is 91.0 Å². The number of carbonyl (C=O) groups excluding carboxylic acids is 1. The molecule has 0 bridgehead atoms. The summed E-state index contributed by atoms with van der Waals surface area (Å²) in [6.07, 6.45) is 0. The second kappa shape index (κ2) is 7.51. The Morgan fingerprint density at radius 1 is 0.708 bits per heavy atom. The SMILES string of the molecule is COC(=O)C[As](c1ccccc1)(c1ccccc1)c1ccccc1. The van der Waals surface area contributed by atoms with Crippen LogP contribution in [-0.4, -0.2) is 26.6 Å². The van der Waals surface area contributed by atoms with Gasteiger partial charge in [-0.1, -0.05) is 0 Å². The second-order valence-electron chi connectivity index (χ2n) is 5.55. The molecule has 0 aliphatic carbocycles. The van der Waals surface area contributed by atoms with Crippen LogP contribution in [0.4, 0.5) is 0 Å². The molecule has 0 aliphatic rings. The van der Waals surface area contributed by atoms with Crippen LogP contribution in [0.2, 0.25) is 5.21 Å². The molecular formula is C21H20AsO2. The Kier molecular flexibility index (Phi) is 5.17. The number of methoxy groups -OCH3 is 1. The van der Waals surface area contributed by atoms with Gasteiger partial charge in [0.1, 0.15) is 0 Å². The van der Waals surface area contributed by atoms with Gasteiger partial charge in [0.25, 0.3) is 0 Å². The molecule has 0 spiro atoms. The van der Waals surface area contributed by atoms with Crippen LogP contribution in [0.5, 0.6) is 0 Å². The quantitative estimate of drug-likeness (QED) is 0.503. The van der Waals surface area contributed by atoms with E-state index in [1.54, 1.807) is 0 Å². The van der Waals surface area contributed by atoms with Crippen molar-refractivity contribution in [2.24, 2.45) is 0 Å². The average Bonchev–Trinajstić information content (AvgIpc) is 2.68. The summed E-state index contributed by atoms with van der Waals surface area (Å²) in [6, 6.07) is 31.2. The maximum absolute atomic E-state index is 12.4. The van der Waals surface area contributed by atoms with E-state index < -0.39 is 13.6 Å². The fourth-order valence-corrected chi connectivity index (χ4v) is 11.4. The first-order valence-corrected chi connectivity index (χ1v) is 12.0. The van der Waals surface area contributed by atoms with Gasteiger partial charge >= 0.3 is 145 Å². The van der Waals surface area contributed by atoms with Crippen molar-refractivity contribution in [3.63, 3.8) is 0 Å². The van der Waals surface area contributed by atoms with Crippen LogP contribution in [0.15, 0.2) is 91.0 Å². The Hall–Kier alpha value is -2.31. The van der Waals surface area contributed by atoms with Gasteiger partial charge in [-0.2, -0.15) is 0 Å². The Morgan fingerprint density at radius 2 is 1.04 bits per heavy atom. The summed E-state index contributed by atoms with van der Waals surface area (Å²) in [5.74, 6) is -0.154. The van der Waals surface area contributed by atoms with Crippen LogP contribution in [0.3, 0.4) is 0 Å². The van der Waals surface area contributed by atoms with Gasteiger partial charge in [-0.25, -0.2) is 0 Å². The Labute approximate surface area is 145 Å². The van der Waals surface area contributed by atoms with Gasteiger partial charge in [0, 0.05) is 0 Å². The molecule has 0 aromatic heterocycles. The number of esters is 1. The van der Waals surface area contributed by atoms with Gasteiger partial charge in [0.15, 0.2) is 0 Å². The van der Waals surface area contributed by atoms with E-state index in [-0.39, 0.29) is 5.97 Å². The van der Waals surface area contributed by atoms with Crippen molar-refractivity contribution < 1.29 is 9.53 Å². The standard InChI is InChI=1S/C21H20AsO2/c1-24-21(23)17-22(18-11-5-2-6-12-18,19-13-7-3-8-14-19)20-15-9-4-10-16-20/h2-16H,17H2,1H3. The minimum absolute atomic E-state index is 0.154. The van der Waals surface area contributed by atoms with E-state index >= 15 is 0 Å². The predicted octanol–water partition coefficient (Wildman–Crippen LogP) is 2.33. The second-order valence-corrected chi connectivity index (χ2v) is 12.9. The van der Waals surface area contributed by atoms with Crippen molar-refractivity contribution in [1.29, 1.82) is 0 Å². The summed E-state index contributed by atoms with van der Waals surface area (Å²) < 4.78 is 8.82. The first-order valence-electron chi connectivity index (χ1n) is 7.89. The fraction of sp³-hybridized carbons (Fsp3) is 0.0952. The molecule has 3 aromatic rings. The Bertz CT molecular complexity index is 689. The molecule has 3 heteroatoms. The van der Waals surface area contributed by atoms with Crippen LogP contribution in [0.25, 0.3) is 0 Å². The molecule has 2 nitrogen and oxygen atoms in total. The van der Waals surface area contributed by atoms with Crippen LogP contribution in [-0.2, 0) is 9.53 Å². The van der Waals surface area contributed by atoms with Crippen molar-refractivity contribution in [1.82, 2.24) is 0 Å². The zero-order chi connectivity index (χ0) is 16.8. The molecule has 0 amide bonds. The molecule has 0 N–H and O–H groups in total. The first-order chi connectivity index (χ1) is 11.8. The number of benzene rings is 3. The molecule has 1 radical (unpaired) electrons. The summed E-state index contributed by atoms with van der Waals surface area (Å²) in [4.78, 5) is 12.4. The van der Waals surface area contributed by atoms with Crippen LogP contribution < -0.4 is 13.1 Å². The van der Waals surface area contributed by atoms with Crippen molar-refractivity contribution >= 4 is 32.6 Å². The molecule has 0 fully saturated rings. The third kappa shape index (κ3) is 3.15. The third-order valence-electron chi connectivity index (χ3n) is 4.18. The number of hydrogen-bond acceptors (Lipinski definition) is 2. The molecular weight excluding hydrogens is 359 g/mol. The van der Waals surface area contributed by atoms with E-state index in [0.29, 0.717) is 5.21 Å². The molecule has 3 rings (SSSR count). The topological polar surface area (TPSA) is 26.3 Å². The molecule has 121 valence electrons. The van der Waals surface area contributed by atoms with E-state index in [0.717, 1.165) is 0 Å².